The van der Waals surface area contributed by atoms with Crippen molar-refractivity contribution in [3.05, 3.63) is 39.4 Å². The number of cyclic esters (lactones) is 1. The van der Waals surface area contributed by atoms with Gasteiger partial charge in [-0.3, -0.25) is 10.1 Å². The van der Waals surface area contributed by atoms with E-state index in [0.717, 1.165) is 0 Å². The molecule has 1 aromatic carbocycles. The predicted molar refractivity (Wildman–Crippen MR) is 53.6 cm³/mol. The van der Waals surface area contributed by atoms with Crippen molar-refractivity contribution in [3.8, 4) is 0 Å². The molecule has 0 bridgehead atoms. The maximum absolute atomic E-state index is 11.0. The van der Waals surface area contributed by atoms with E-state index >= 15 is 0 Å². The topological polar surface area (TPSA) is 69.4 Å². The van der Waals surface area contributed by atoms with Crippen LogP contribution in [-0.4, -0.2) is 10.9 Å². The molecule has 5 nitrogen and oxygen atoms in total. The minimum atomic E-state index is -0.497. The first-order valence-electron chi connectivity index (χ1n) is 4.63. The third-order valence-electron chi connectivity index (χ3n) is 1.88. The molecule has 0 aromatic heterocycles. The molecule has 1 heterocycles. The van der Waals surface area contributed by atoms with Gasteiger partial charge in [-0.1, -0.05) is 13.8 Å². The molecule has 1 aliphatic heterocycles. The molecule has 5 heteroatoms. The molecule has 1 aromatic rings. The Bertz CT molecular complexity index is 400. The molecule has 0 unspecified atom stereocenters. The molecule has 15 heavy (non-hydrogen) atoms. The highest BCUT2D eigenvalue weighted by Crippen LogP contribution is 2.24. The number of nitrogens with zero attached hydrogens (tertiary/aromatic N) is 1. The predicted octanol–water partition coefficient (Wildman–Crippen LogP) is 2.29. The molecule has 1 aliphatic rings. The quantitative estimate of drug-likeness (QED) is 0.404. The van der Waals surface area contributed by atoms with Crippen LogP contribution in [0.2, 0.25) is 0 Å². The fraction of sp³-hybridized carbons (Fsp3) is 0.300. The molecule has 0 atom stereocenters. The first kappa shape index (κ1) is 11.2. The zero-order valence-corrected chi connectivity index (χ0v) is 8.52. The van der Waals surface area contributed by atoms with Gasteiger partial charge in [0, 0.05) is 17.7 Å². The van der Waals surface area contributed by atoms with Crippen molar-refractivity contribution < 1.29 is 14.5 Å². The number of esters is 1. The van der Waals surface area contributed by atoms with Gasteiger partial charge in [0.05, 0.1) is 10.5 Å². The molecule has 80 valence electrons. The van der Waals surface area contributed by atoms with Crippen molar-refractivity contribution in [2.45, 2.75) is 20.5 Å². The fourth-order valence-electron chi connectivity index (χ4n) is 1.23. The summed E-state index contributed by atoms with van der Waals surface area (Å²) < 4.78 is 4.70. The van der Waals surface area contributed by atoms with E-state index in [2.05, 4.69) is 0 Å². The number of nitro groups is 1. The van der Waals surface area contributed by atoms with Gasteiger partial charge < -0.3 is 4.74 Å². The lowest BCUT2D eigenvalue weighted by Gasteiger charge is -1.93. The second-order valence-electron chi connectivity index (χ2n) is 2.67. The van der Waals surface area contributed by atoms with E-state index in [1.54, 1.807) is 0 Å². The lowest BCUT2D eigenvalue weighted by molar-refractivity contribution is -0.384. The van der Waals surface area contributed by atoms with Gasteiger partial charge in [-0.15, -0.1) is 0 Å². The number of nitro benzene ring substituents is 1. The normalized spacial score (nSPS) is 12.3. The Balaban J connectivity index is 0.000000531. The lowest BCUT2D eigenvalue weighted by Crippen LogP contribution is -1.94. The van der Waals surface area contributed by atoms with Crippen LogP contribution in [0, 0.1) is 10.1 Å². The number of ether oxygens (including phenoxy) is 1. The summed E-state index contributed by atoms with van der Waals surface area (Å²) in [6, 6.07) is 4.08. The van der Waals surface area contributed by atoms with Crippen LogP contribution in [0.5, 0.6) is 0 Å². The van der Waals surface area contributed by atoms with Crippen molar-refractivity contribution in [1.29, 1.82) is 0 Å². The van der Waals surface area contributed by atoms with Crippen molar-refractivity contribution in [2.24, 2.45) is 0 Å². The summed E-state index contributed by atoms with van der Waals surface area (Å²) in [4.78, 5) is 20.8. The van der Waals surface area contributed by atoms with Crippen molar-refractivity contribution >= 4 is 11.7 Å². The second-order valence-corrected chi connectivity index (χ2v) is 2.67. The highest BCUT2D eigenvalue weighted by Gasteiger charge is 2.23. The van der Waals surface area contributed by atoms with Crippen LogP contribution in [0.3, 0.4) is 0 Å². The van der Waals surface area contributed by atoms with Gasteiger partial charge >= 0.3 is 5.97 Å². The molecule has 0 fully saturated rings. The summed E-state index contributed by atoms with van der Waals surface area (Å²) in [6.45, 7) is 4.13. The Morgan fingerprint density at radius 1 is 1.40 bits per heavy atom. The summed E-state index contributed by atoms with van der Waals surface area (Å²) in [5.74, 6) is -0.412. The Morgan fingerprint density at radius 2 is 2.07 bits per heavy atom. The molecule has 0 radical (unpaired) electrons. The molecule has 0 amide bonds. The maximum Gasteiger partial charge on any atom is 0.338 e. The summed E-state index contributed by atoms with van der Waals surface area (Å²) in [5, 5.41) is 10.4. The van der Waals surface area contributed by atoms with Gasteiger partial charge in [0.1, 0.15) is 6.61 Å². The highest BCUT2D eigenvalue weighted by molar-refractivity contribution is 5.93. The first-order chi connectivity index (χ1) is 7.18. The van der Waals surface area contributed by atoms with Gasteiger partial charge in [-0.2, -0.15) is 0 Å². The average molecular weight is 209 g/mol. The molecule has 0 N–H and O–H groups in total. The van der Waals surface area contributed by atoms with E-state index in [9.17, 15) is 14.9 Å². The Morgan fingerprint density at radius 3 is 2.67 bits per heavy atom. The number of non-ortho nitro benzene ring substituents is 1. The van der Waals surface area contributed by atoms with Crippen LogP contribution in [0.15, 0.2) is 18.2 Å². The van der Waals surface area contributed by atoms with E-state index in [0.29, 0.717) is 11.1 Å². The van der Waals surface area contributed by atoms with E-state index in [1.165, 1.54) is 18.2 Å². The maximum atomic E-state index is 11.0. The number of benzene rings is 1. The van der Waals surface area contributed by atoms with Crippen LogP contribution in [0.1, 0.15) is 29.8 Å². The molecule has 0 saturated carbocycles. The lowest BCUT2D eigenvalue weighted by atomic mass is 10.1. The SMILES string of the molecule is CC.O=C1OCc2cc([N+](=O)[O-])ccc21. The van der Waals surface area contributed by atoms with Crippen molar-refractivity contribution in [1.82, 2.24) is 0 Å². The standard InChI is InChI=1S/C8H5NO4.C2H6/c10-8-7-2-1-6(9(11)12)3-5(7)4-13-8;1-2/h1-3H,4H2;1-2H3. The fourth-order valence-corrected chi connectivity index (χ4v) is 1.23. The van der Waals surface area contributed by atoms with Gasteiger partial charge in [0.2, 0.25) is 0 Å². The van der Waals surface area contributed by atoms with E-state index in [-0.39, 0.29) is 12.3 Å². The zero-order valence-electron chi connectivity index (χ0n) is 8.52. The average Bonchev–Trinajstić information content (AvgIpc) is 2.63. The number of hydrogen-bond acceptors (Lipinski definition) is 4. The summed E-state index contributed by atoms with van der Waals surface area (Å²) in [5.41, 5.74) is 0.988. The third-order valence-corrected chi connectivity index (χ3v) is 1.88. The van der Waals surface area contributed by atoms with Crippen LogP contribution < -0.4 is 0 Å². The molecular weight excluding hydrogens is 198 g/mol. The van der Waals surface area contributed by atoms with Crippen LogP contribution >= 0.6 is 0 Å². The molecule has 2 rings (SSSR count). The zero-order chi connectivity index (χ0) is 11.4. The summed E-state index contributed by atoms with van der Waals surface area (Å²) >= 11 is 0. The Kier molecular flexibility index (Phi) is 3.38. The van der Waals surface area contributed by atoms with Gasteiger partial charge in [-0.05, 0) is 6.07 Å². The van der Waals surface area contributed by atoms with Gasteiger partial charge in [0.15, 0.2) is 0 Å². The molecule has 0 saturated heterocycles. The number of carbonyl (C=O) groups excluding carboxylic acids is 1. The Labute approximate surface area is 86.8 Å². The summed E-state index contributed by atoms with van der Waals surface area (Å²) in [6.07, 6.45) is 0. The molecule has 0 aliphatic carbocycles. The number of carbonyl (C=O) groups is 1. The van der Waals surface area contributed by atoms with Crippen LogP contribution in [0.25, 0.3) is 0 Å². The number of hydrogen-bond donors (Lipinski definition) is 0. The first-order valence-corrected chi connectivity index (χ1v) is 4.63. The number of rotatable bonds is 1. The highest BCUT2D eigenvalue weighted by atomic mass is 16.6. The summed E-state index contributed by atoms with van der Waals surface area (Å²) in [7, 11) is 0. The minimum absolute atomic E-state index is 0.0166. The smallest absolute Gasteiger partial charge is 0.338 e. The van der Waals surface area contributed by atoms with Crippen LogP contribution in [-0.2, 0) is 11.3 Å². The monoisotopic (exact) mass is 209 g/mol. The van der Waals surface area contributed by atoms with Gasteiger partial charge in [0.25, 0.3) is 5.69 Å². The third kappa shape index (κ3) is 2.12. The largest absolute Gasteiger partial charge is 0.457 e. The van der Waals surface area contributed by atoms with Crippen molar-refractivity contribution in [2.75, 3.05) is 0 Å². The molecular formula is C10H11NO4. The second kappa shape index (κ2) is 4.54. The van der Waals surface area contributed by atoms with Crippen molar-refractivity contribution in [3.63, 3.8) is 0 Å². The van der Waals surface area contributed by atoms with E-state index in [4.69, 9.17) is 4.74 Å². The van der Waals surface area contributed by atoms with Gasteiger partial charge in [-0.25, -0.2) is 4.79 Å². The number of fused-ring (bicyclic) bond motifs is 1. The van der Waals surface area contributed by atoms with E-state index < -0.39 is 10.9 Å². The minimum Gasteiger partial charge on any atom is -0.457 e. The van der Waals surface area contributed by atoms with E-state index in [1.807, 2.05) is 13.8 Å². The molecule has 0 spiro atoms. The van der Waals surface area contributed by atoms with Crippen LogP contribution in [0.4, 0.5) is 5.69 Å². The Hall–Kier alpha value is -1.91.